The Morgan fingerprint density at radius 2 is 1.51 bits per heavy atom. The lowest BCUT2D eigenvalue weighted by Gasteiger charge is -2.18. The van der Waals surface area contributed by atoms with Crippen LogP contribution in [0.3, 0.4) is 0 Å². The SMILES string of the molecule is COc1ccc(/C=C(/NC(=O)c2ccccc2)C(=O)Nc2cccc(SC(C(=O)Nc3ccc([N+](=O)[O-])cc3C)c3ccccc3)c2)cc1. The van der Waals surface area contributed by atoms with Crippen LogP contribution in [0.15, 0.2) is 138 Å². The van der Waals surface area contributed by atoms with E-state index >= 15 is 0 Å². The lowest BCUT2D eigenvalue weighted by molar-refractivity contribution is -0.384. The van der Waals surface area contributed by atoms with Crippen molar-refractivity contribution in [1.82, 2.24) is 5.32 Å². The third kappa shape index (κ3) is 9.21. The molecule has 3 amide bonds. The zero-order valence-corrected chi connectivity index (χ0v) is 27.4. The van der Waals surface area contributed by atoms with Crippen molar-refractivity contribution in [3.05, 3.63) is 165 Å². The van der Waals surface area contributed by atoms with E-state index in [1.165, 1.54) is 30.0 Å². The minimum absolute atomic E-state index is 0.0251. The van der Waals surface area contributed by atoms with Crippen LogP contribution in [0.2, 0.25) is 0 Å². The fourth-order valence-electron chi connectivity index (χ4n) is 4.79. The number of nitrogens with zero attached hydrogens (tertiary/aromatic N) is 1. The van der Waals surface area contributed by atoms with Crippen LogP contribution in [-0.2, 0) is 9.59 Å². The zero-order chi connectivity index (χ0) is 34.8. The van der Waals surface area contributed by atoms with E-state index in [-0.39, 0.29) is 17.3 Å². The van der Waals surface area contributed by atoms with Crippen molar-refractivity contribution in [2.75, 3.05) is 17.7 Å². The normalized spacial score (nSPS) is 11.6. The van der Waals surface area contributed by atoms with Crippen molar-refractivity contribution in [3.8, 4) is 5.75 Å². The molecule has 11 heteroatoms. The molecule has 0 aliphatic carbocycles. The highest BCUT2D eigenvalue weighted by Crippen LogP contribution is 2.37. The molecule has 10 nitrogen and oxygen atoms in total. The maximum atomic E-state index is 13.7. The quantitative estimate of drug-likeness (QED) is 0.0532. The number of methoxy groups -OCH3 is 1. The number of hydrogen-bond donors (Lipinski definition) is 3. The summed E-state index contributed by atoms with van der Waals surface area (Å²) in [5.41, 5.74) is 3.23. The largest absolute Gasteiger partial charge is 0.497 e. The third-order valence-corrected chi connectivity index (χ3v) is 8.57. The number of nitro groups is 1. The van der Waals surface area contributed by atoms with E-state index in [2.05, 4.69) is 16.0 Å². The molecule has 5 rings (SSSR count). The number of non-ortho nitro benzene ring substituents is 1. The Morgan fingerprint density at radius 3 is 2.16 bits per heavy atom. The first-order valence-corrected chi connectivity index (χ1v) is 16.0. The van der Waals surface area contributed by atoms with Crippen molar-refractivity contribution < 1.29 is 24.0 Å². The van der Waals surface area contributed by atoms with Gasteiger partial charge in [0.05, 0.1) is 12.0 Å². The van der Waals surface area contributed by atoms with Gasteiger partial charge in [-0.2, -0.15) is 0 Å². The Bertz CT molecular complexity index is 2000. The number of thioether (sulfide) groups is 1. The van der Waals surface area contributed by atoms with Crippen LogP contribution in [0.4, 0.5) is 17.1 Å². The second-order valence-corrected chi connectivity index (χ2v) is 12.0. The average Bonchev–Trinajstić information content (AvgIpc) is 3.12. The lowest BCUT2D eigenvalue weighted by atomic mass is 10.1. The summed E-state index contributed by atoms with van der Waals surface area (Å²) < 4.78 is 5.23. The first-order chi connectivity index (χ1) is 23.7. The molecule has 246 valence electrons. The maximum absolute atomic E-state index is 13.7. The second kappa shape index (κ2) is 16.1. The molecule has 1 atom stereocenters. The van der Waals surface area contributed by atoms with Crippen molar-refractivity contribution in [2.45, 2.75) is 17.1 Å². The molecule has 0 heterocycles. The van der Waals surface area contributed by atoms with Crippen LogP contribution in [0.5, 0.6) is 5.75 Å². The van der Waals surface area contributed by atoms with Gasteiger partial charge in [-0.15, -0.1) is 11.8 Å². The zero-order valence-electron chi connectivity index (χ0n) is 26.6. The minimum Gasteiger partial charge on any atom is -0.497 e. The fraction of sp³-hybridized carbons (Fsp3) is 0.0789. The van der Waals surface area contributed by atoms with Gasteiger partial charge in [0.25, 0.3) is 17.5 Å². The lowest BCUT2D eigenvalue weighted by Crippen LogP contribution is -2.30. The number of hydrogen-bond acceptors (Lipinski definition) is 7. The second-order valence-electron chi connectivity index (χ2n) is 10.8. The number of amides is 3. The minimum atomic E-state index is -0.697. The van der Waals surface area contributed by atoms with Crippen LogP contribution < -0.4 is 20.7 Å². The molecule has 0 saturated carbocycles. The van der Waals surface area contributed by atoms with Crippen LogP contribution in [0, 0.1) is 17.0 Å². The Balaban J connectivity index is 1.38. The van der Waals surface area contributed by atoms with Crippen molar-refractivity contribution in [2.24, 2.45) is 0 Å². The van der Waals surface area contributed by atoms with E-state index in [0.717, 1.165) is 5.56 Å². The van der Waals surface area contributed by atoms with E-state index in [1.807, 2.05) is 36.4 Å². The standard InChI is InChI=1S/C38H32N4O6S/c1-25-22-30(42(46)47)18-21-33(25)40-38(45)35(27-10-5-3-6-11-27)49-32-15-9-14-29(24-32)39-37(44)34(23-26-16-19-31(48-2)20-17-26)41-36(43)28-12-7-4-8-13-28/h3-24,35H,1-2H3,(H,39,44)(H,40,45)(H,41,43)/b34-23+. The molecule has 1 unspecified atom stereocenters. The third-order valence-electron chi connectivity index (χ3n) is 7.32. The molecule has 0 bridgehead atoms. The first kappa shape index (κ1) is 34.1. The predicted molar refractivity (Wildman–Crippen MR) is 191 cm³/mol. The number of carbonyl (C=O) groups excluding carboxylic acids is 3. The van der Waals surface area contributed by atoms with Gasteiger partial charge in [-0.25, -0.2) is 0 Å². The topological polar surface area (TPSA) is 140 Å². The molecule has 0 aromatic heterocycles. The molecule has 5 aromatic rings. The summed E-state index contributed by atoms with van der Waals surface area (Å²) in [5.74, 6) is -0.667. The first-order valence-electron chi connectivity index (χ1n) is 15.1. The van der Waals surface area contributed by atoms with E-state index in [0.29, 0.717) is 38.7 Å². The Hall–Kier alpha value is -6.20. The summed E-state index contributed by atoms with van der Waals surface area (Å²) >= 11 is 1.28. The number of ether oxygens (including phenoxy) is 1. The van der Waals surface area contributed by atoms with E-state index < -0.39 is 22.0 Å². The van der Waals surface area contributed by atoms with Crippen LogP contribution >= 0.6 is 11.8 Å². The van der Waals surface area contributed by atoms with Crippen LogP contribution in [-0.4, -0.2) is 29.8 Å². The van der Waals surface area contributed by atoms with E-state index in [4.69, 9.17) is 4.74 Å². The highest BCUT2D eigenvalue weighted by atomic mass is 32.2. The molecule has 3 N–H and O–H groups in total. The van der Waals surface area contributed by atoms with Gasteiger partial charge in [0.15, 0.2) is 0 Å². The summed E-state index contributed by atoms with van der Waals surface area (Å²) in [6.45, 7) is 1.69. The summed E-state index contributed by atoms with van der Waals surface area (Å²) in [6, 6.07) is 36.2. The van der Waals surface area contributed by atoms with Crippen molar-refractivity contribution in [3.63, 3.8) is 0 Å². The molecule has 0 aliphatic heterocycles. The Morgan fingerprint density at radius 1 is 0.816 bits per heavy atom. The van der Waals surface area contributed by atoms with Gasteiger partial charge in [-0.1, -0.05) is 66.7 Å². The predicted octanol–water partition coefficient (Wildman–Crippen LogP) is 7.79. The number of rotatable bonds is 12. The summed E-state index contributed by atoms with van der Waals surface area (Å²) in [7, 11) is 1.56. The molecule has 0 fully saturated rings. The van der Waals surface area contributed by atoms with Gasteiger partial charge in [0.1, 0.15) is 16.7 Å². The van der Waals surface area contributed by atoms with Gasteiger partial charge in [-0.05, 0) is 78.2 Å². The van der Waals surface area contributed by atoms with Crippen molar-refractivity contribution in [1.29, 1.82) is 0 Å². The van der Waals surface area contributed by atoms with Gasteiger partial charge in [-0.3, -0.25) is 24.5 Å². The summed E-state index contributed by atoms with van der Waals surface area (Å²) in [5, 5.41) is 19.0. The number of aryl methyl sites for hydroxylation is 1. The molecule has 0 aliphatic rings. The summed E-state index contributed by atoms with van der Waals surface area (Å²) in [4.78, 5) is 51.8. The highest BCUT2D eigenvalue weighted by Gasteiger charge is 2.24. The number of anilines is 2. The van der Waals surface area contributed by atoms with Gasteiger partial charge in [0, 0.05) is 34.0 Å². The molecule has 0 radical (unpaired) electrons. The molecule has 0 spiro atoms. The number of nitro benzene ring substituents is 1. The van der Waals surface area contributed by atoms with E-state index in [9.17, 15) is 24.5 Å². The van der Waals surface area contributed by atoms with Gasteiger partial charge in [0.2, 0.25) is 5.91 Å². The van der Waals surface area contributed by atoms with Gasteiger partial charge >= 0.3 is 0 Å². The smallest absolute Gasteiger partial charge is 0.272 e. The molecule has 0 saturated heterocycles. The monoisotopic (exact) mass is 672 g/mol. The number of carbonyl (C=O) groups is 3. The molecule has 49 heavy (non-hydrogen) atoms. The van der Waals surface area contributed by atoms with E-state index in [1.54, 1.807) is 92.9 Å². The van der Waals surface area contributed by atoms with Crippen LogP contribution in [0.25, 0.3) is 6.08 Å². The van der Waals surface area contributed by atoms with Gasteiger partial charge < -0.3 is 20.7 Å². The summed E-state index contributed by atoms with van der Waals surface area (Å²) in [6.07, 6.45) is 1.57. The maximum Gasteiger partial charge on any atom is 0.272 e. The van der Waals surface area contributed by atoms with Crippen molar-refractivity contribution >= 4 is 52.6 Å². The fourth-order valence-corrected chi connectivity index (χ4v) is 5.88. The Labute approximate surface area is 287 Å². The van der Waals surface area contributed by atoms with Crippen LogP contribution in [0.1, 0.15) is 32.3 Å². The molecular formula is C38H32N4O6S. The number of nitrogens with one attached hydrogen (secondary N) is 3. The molecular weight excluding hydrogens is 641 g/mol. The average molecular weight is 673 g/mol. The highest BCUT2D eigenvalue weighted by molar-refractivity contribution is 8.00. The Kier molecular flexibility index (Phi) is 11.2. The molecule has 5 aromatic carbocycles. The number of benzene rings is 5.